The van der Waals surface area contributed by atoms with Gasteiger partial charge < -0.3 is 62.8 Å². The highest BCUT2D eigenvalue weighted by molar-refractivity contribution is 7.99. The van der Waals surface area contributed by atoms with Gasteiger partial charge in [0, 0.05) is 54.8 Å². The van der Waals surface area contributed by atoms with E-state index < -0.39 is 72.7 Å². The van der Waals surface area contributed by atoms with E-state index in [0.29, 0.717) is 56.8 Å². The number of aliphatic carboxylic acids is 4. The summed E-state index contributed by atoms with van der Waals surface area (Å²) >= 11 is 1.44. The average Bonchev–Trinajstić information content (AvgIpc) is 2.58. The Bertz CT molecular complexity index is 2970. The van der Waals surface area contributed by atoms with E-state index in [1.54, 1.807) is 37.5 Å². The molecule has 0 fully saturated rings. The molecule has 3 aromatic carbocycles. The Kier molecular flexibility index (Phi) is 28.3. The van der Waals surface area contributed by atoms with E-state index in [-0.39, 0.29) is 36.3 Å². The third-order valence-electron chi connectivity index (χ3n) is 11.4. The topological polar surface area (TPSA) is 358 Å². The van der Waals surface area contributed by atoms with Crippen molar-refractivity contribution in [2.24, 2.45) is 11.5 Å². The first-order chi connectivity index (χ1) is 39.4. The van der Waals surface area contributed by atoms with Crippen molar-refractivity contribution in [2.45, 2.75) is 104 Å². The number of carboxylic acid groups (broad SMARTS) is 5. The van der Waals surface area contributed by atoms with Crippen LogP contribution in [-0.4, -0.2) is 151 Å². The molecule has 21 nitrogen and oxygen atoms in total. The minimum Gasteiger partial charge on any atom is -0.478 e. The summed E-state index contributed by atoms with van der Waals surface area (Å²) in [6.45, 7) is 1.25. The second kappa shape index (κ2) is 33.1. The van der Waals surface area contributed by atoms with Crippen molar-refractivity contribution in [2.75, 3.05) is 20.1 Å². The Hall–Kier alpha value is -8.50. The number of halogens is 12. The molecule has 13 N–H and O–H groups in total. The quantitative estimate of drug-likeness (QED) is 0.0463. The Morgan fingerprint density at radius 3 is 1.69 bits per heavy atom. The number of nitrogens with one attached hydrogen (secondary N) is 4. The van der Waals surface area contributed by atoms with Crippen molar-refractivity contribution in [1.82, 2.24) is 30.8 Å². The molecule has 3 heterocycles. The SMILES string of the molecule is CN1C(=O)[C@H](CCCCN)NC(=O)[C@H](CCCN)NCc2cccnc2Sc2cccc(-c3ccc(C(=O)O)cc3)c2CNC(=O)[C@@H]1Cc1c[nH]c2ccccc12.O=C(O)C(F)(F)F.O=C(O)C(F)(F)F.O=C(O)C(F)(F)F.O=C(O)C(F)(F)F. The molecule has 0 bridgehead atoms. The number of benzene rings is 3. The second-order valence-corrected chi connectivity index (χ2v) is 18.4. The van der Waals surface area contributed by atoms with Crippen LogP contribution >= 0.6 is 11.8 Å². The molecule has 6 rings (SSSR count). The van der Waals surface area contributed by atoms with Crippen molar-refractivity contribution >= 4 is 70.2 Å². The van der Waals surface area contributed by atoms with Gasteiger partial charge in [0.05, 0.1) is 11.6 Å². The molecule has 1 aliphatic heterocycles. The fraction of sp³-hybridized carbons (Fsp3) is 0.353. The molecule has 0 saturated heterocycles. The van der Waals surface area contributed by atoms with Crippen molar-refractivity contribution in [3.05, 3.63) is 114 Å². The highest BCUT2D eigenvalue weighted by Crippen LogP contribution is 2.37. The zero-order valence-corrected chi connectivity index (χ0v) is 44.8. The number of carboxylic acids is 5. The second-order valence-electron chi connectivity index (χ2n) is 17.4. The number of likely N-dealkylation sites (N-methyl/N-ethyl adjacent to an activating group) is 1. The molecule has 5 aromatic rings. The molecule has 0 saturated carbocycles. The number of nitrogens with zero attached hydrogens (tertiary/aromatic N) is 2. The van der Waals surface area contributed by atoms with Crippen LogP contribution in [0, 0.1) is 0 Å². The Labute approximate surface area is 477 Å². The number of pyridine rings is 1. The fourth-order valence-electron chi connectivity index (χ4n) is 7.17. The van der Waals surface area contributed by atoms with Crippen LogP contribution in [0.5, 0.6) is 0 Å². The van der Waals surface area contributed by atoms with E-state index in [1.165, 1.54) is 16.7 Å². The number of carbonyl (C=O) groups is 8. The van der Waals surface area contributed by atoms with Crippen molar-refractivity contribution in [3.8, 4) is 11.1 Å². The number of hydrogen-bond donors (Lipinski definition) is 11. The van der Waals surface area contributed by atoms with E-state index in [2.05, 4.69) is 20.9 Å². The third kappa shape index (κ3) is 24.3. The number of unbranched alkanes of at least 4 members (excludes halogenated alkanes) is 1. The normalized spacial score (nSPS) is 16.0. The van der Waals surface area contributed by atoms with Gasteiger partial charge in [-0.05, 0) is 103 Å². The van der Waals surface area contributed by atoms with Gasteiger partial charge in [0.2, 0.25) is 17.7 Å². The van der Waals surface area contributed by atoms with Crippen LogP contribution in [0.15, 0.2) is 101 Å². The predicted molar refractivity (Wildman–Crippen MR) is 276 cm³/mol. The summed E-state index contributed by atoms with van der Waals surface area (Å²) in [5.41, 5.74) is 16.9. The maximum atomic E-state index is 14.6. The van der Waals surface area contributed by atoms with Crippen LogP contribution in [0.1, 0.15) is 59.2 Å². The molecule has 466 valence electrons. The number of aromatic carboxylic acids is 1. The monoisotopic (exact) mass is 1250 g/mol. The van der Waals surface area contributed by atoms with Gasteiger partial charge in [-0.15, -0.1) is 0 Å². The van der Waals surface area contributed by atoms with Gasteiger partial charge in [-0.25, -0.2) is 29.0 Å². The van der Waals surface area contributed by atoms with Crippen LogP contribution in [0.4, 0.5) is 52.7 Å². The third-order valence-corrected chi connectivity index (χ3v) is 12.5. The molecule has 34 heteroatoms. The largest absolute Gasteiger partial charge is 0.490 e. The number of rotatable bonds is 11. The minimum absolute atomic E-state index is 0.0999. The summed E-state index contributed by atoms with van der Waals surface area (Å²) in [6.07, 6.45) is -13.9. The smallest absolute Gasteiger partial charge is 0.478 e. The van der Waals surface area contributed by atoms with Gasteiger partial charge in [0.25, 0.3) is 0 Å². The van der Waals surface area contributed by atoms with E-state index in [4.69, 9.17) is 56.1 Å². The van der Waals surface area contributed by atoms with Crippen molar-refractivity contribution < 1.29 is 117 Å². The zero-order chi connectivity index (χ0) is 64.6. The first-order valence-electron chi connectivity index (χ1n) is 24.3. The molecular formula is C51H54F12N8O13S. The standard InChI is InChI=1S/C43H50N8O5S.4C2HF3O2/c1-51-37(23-30-25-47-34-12-3-2-10-32(30)34)40(53)49-26-33-31(27-16-18-28(19-17-27)43(55)56)11-6-15-38(33)57-41-29(9-8-22-46-41)24-48-35(14-7-21-45)39(52)50-36(42(51)54)13-4-5-20-44;4*3-2(4,5)1(6)7/h2-3,6,8-12,15-19,22,25,35-37,47-48H,4-5,7,13-14,20-21,23-24,26,44-45H2,1H3,(H,49,53)(H,50,52)(H,55,56);4*(H,6,7)/t35-,36-,37-;;;;/m0..../s1. The highest BCUT2D eigenvalue weighted by Gasteiger charge is 2.40. The fourth-order valence-corrected chi connectivity index (χ4v) is 8.22. The first-order valence-corrected chi connectivity index (χ1v) is 25.1. The van der Waals surface area contributed by atoms with Crippen LogP contribution in [-0.2, 0) is 53.1 Å². The molecule has 0 radical (unpaired) electrons. The molecule has 0 aliphatic carbocycles. The van der Waals surface area contributed by atoms with Crippen LogP contribution in [0.2, 0.25) is 0 Å². The number of hydrogen-bond acceptors (Lipinski definition) is 13. The highest BCUT2D eigenvalue weighted by atomic mass is 32.2. The van der Waals surface area contributed by atoms with E-state index in [9.17, 15) is 77.0 Å². The maximum Gasteiger partial charge on any atom is 0.490 e. The molecule has 0 unspecified atom stereocenters. The van der Waals surface area contributed by atoms with Crippen LogP contribution in [0.25, 0.3) is 22.0 Å². The molecule has 0 spiro atoms. The first kappa shape index (κ1) is 72.6. The summed E-state index contributed by atoms with van der Waals surface area (Å²) in [6, 6.07) is 21.5. The minimum atomic E-state index is -5.08. The number of amides is 3. The lowest BCUT2D eigenvalue weighted by atomic mass is 9.98. The molecule has 3 amide bonds. The molecule has 1 aliphatic rings. The van der Waals surface area contributed by atoms with Crippen LogP contribution in [0.3, 0.4) is 0 Å². The number of H-pyrrole nitrogens is 1. The molecular weight excluding hydrogens is 1190 g/mol. The van der Waals surface area contributed by atoms with Gasteiger partial charge >= 0.3 is 54.6 Å². The van der Waals surface area contributed by atoms with Gasteiger partial charge in [-0.2, -0.15) is 52.7 Å². The number of aromatic nitrogens is 2. The Morgan fingerprint density at radius 1 is 0.647 bits per heavy atom. The maximum absolute atomic E-state index is 14.6. The number of nitrogens with two attached hydrogens (primary N) is 2. The van der Waals surface area contributed by atoms with E-state index in [1.807, 2.05) is 60.8 Å². The number of alkyl halides is 12. The van der Waals surface area contributed by atoms with Crippen LogP contribution < -0.4 is 27.4 Å². The van der Waals surface area contributed by atoms with E-state index >= 15 is 0 Å². The summed E-state index contributed by atoms with van der Waals surface area (Å²) < 4.78 is 127. The van der Waals surface area contributed by atoms with Crippen molar-refractivity contribution in [3.63, 3.8) is 0 Å². The van der Waals surface area contributed by atoms with Gasteiger partial charge in [-0.1, -0.05) is 60.3 Å². The lowest BCUT2D eigenvalue weighted by molar-refractivity contribution is -0.193. The summed E-state index contributed by atoms with van der Waals surface area (Å²) in [5, 5.41) is 49.3. The molecule has 3 atom stereocenters. The summed E-state index contributed by atoms with van der Waals surface area (Å²) in [5.74, 6) is -13.1. The lowest BCUT2D eigenvalue weighted by Crippen LogP contribution is -2.57. The summed E-state index contributed by atoms with van der Waals surface area (Å²) in [4.78, 5) is 101. The number of aromatic amines is 1. The van der Waals surface area contributed by atoms with Gasteiger partial charge in [0.1, 0.15) is 17.1 Å². The number of carbonyl (C=O) groups excluding carboxylic acids is 3. The lowest BCUT2D eigenvalue weighted by Gasteiger charge is -2.32. The molecule has 2 aromatic heterocycles. The predicted octanol–water partition coefficient (Wildman–Crippen LogP) is 7.12. The molecule has 85 heavy (non-hydrogen) atoms. The Balaban J connectivity index is 0.000000723. The van der Waals surface area contributed by atoms with E-state index in [0.717, 1.165) is 43.6 Å². The number of fused-ring (bicyclic) bond motifs is 3. The van der Waals surface area contributed by atoms with Crippen molar-refractivity contribution in [1.29, 1.82) is 0 Å². The number of para-hydroxylation sites is 1. The van der Waals surface area contributed by atoms with Gasteiger partial charge in [0.15, 0.2) is 0 Å². The van der Waals surface area contributed by atoms with Gasteiger partial charge in [-0.3, -0.25) is 14.4 Å². The zero-order valence-electron chi connectivity index (χ0n) is 44.0. The average molecular weight is 1250 g/mol. The Morgan fingerprint density at radius 2 is 1.18 bits per heavy atom. The summed E-state index contributed by atoms with van der Waals surface area (Å²) in [7, 11) is 1.61.